The molecule has 0 saturated heterocycles. The van der Waals surface area contributed by atoms with Crippen molar-refractivity contribution in [3.8, 4) is 0 Å². The van der Waals surface area contributed by atoms with Gasteiger partial charge in [0.1, 0.15) is 18.3 Å². The van der Waals surface area contributed by atoms with E-state index in [4.69, 9.17) is 14.2 Å². The highest BCUT2D eigenvalue weighted by molar-refractivity contribution is 5.74. The van der Waals surface area contributed by atoms with Gasteiger partial charge >= 0.3 is 23.9 Å². The van der Waals surface area contributed by atoms with Crippen molar-refractivity contribution in [3.05, 3.63) is 0 Å². The van der Waals surface area contributed by atoms with Crippen LogP contribution in [-0.2, 0) is 33.4 Å². The minimum absolute atomic E-state index is 0.104. The molecule has 0 radical (unpaired) electrons. The molecule has 0 aromatic rings. The zero-order valence-corrected chi connectivity index (χ0v) is 30.4. The van der Waals surface area contributed by atoms with Crippen molar-refractivity contribution in [3.63, 3.8) is 0 Å². The van der Waals surface area contributed by atoms with Crippen LogP contribution in [0.3, 0.4) is 0 Å². The number of hydrogen-bond acceptors (Lipinski definition) is 8. The standard InChI is InChI=1S/C38H70O9/c1-5-9-13-16-20-24-32(28-35(40)41)45-37(43)30-34(26-22-18-15-11-7-3)47-38(44)29-33(25-21-17-14-10-6-2)46-36(42)27-31(39)23-19-12-8-4/h31-34,39H,5-30H2,1-4H3,(H,40,41). The van der Waals surface area contributed by atoms with E-state index in [2.05, 4.69) is 27.7 Å². The molecular formula is C38H70O9. The van der Waals surface area contributed by atoms with E-state index in [-0.39, 0.29) is 25.7 Å². The number of rotatable bonds is 33. The number of aliphatic hydroxyl groups is 1. The van der Waals surface area contributed by atoms with Gasteiger partial charge in [-0.1, -0.05) is 124 Å². The SMILES string of the molecule is CCCCCCCC(CC(=O)O)OC(=O)CC(CCCCCCC)OC(=O)CC(CCCCCCC)OC(=O)CC(O)CCCCC. The number of carbonyl (C=O) groups excluding carboxylic acids is 3. The Balaban J connectivity index is 5.37. The second kappa shape index (κ2) is 31.1. The zero-order chi connectivity index (χ0) is 35.1. The molecule has 0 fully saturated rings. The maximum Gasteiger partial charge on any atom is 0.309 e. The Morgan fingerprint density at radius 2 is 0.723 bits per heavy atom. The topological polar surface area (TPSA) is 136 Å². The number of hydrogen-bond donors (Lipinski definition) is 2. The molecule has 9 heteroatoms. The van der Waals surface area contributed by atoms with Gasteiger partial charge in [0.05, 0.1) is 31.8 Å². The Morgan fingerprint density at radius 3 is 1.09 bits per heavy atom. The normalized spacial score (nSPS) is 13.8. The Bertz CT molecular complexity index is 800. The quantitative estimate of drug-likeness (QED) is 0.0397. The van der Waals surface area contributed by atoms with E-state index in [0.717, 1.165) is 116 Å². The monoisotopic (exact) mass is 671 g/mol. The molecule has 0 rings (SSSR count). The number of aliphatic hydroxyl groups excluding tert-OH is 1. The summed E-state index contributed by atoms with van der Waals surface area (Å²) in [5.74, 6) is -2.63. The number of carboxylic acids is 1. The second-order valence-corrected chi connectivity index (χ2v) is 13.3. The largest absolute Gasteiger partial charge is 0.481 e. The molecule has 2 N–H and O–H groups in total. The van der Waals surface area contributed by atoms with Crippen LogP contribution in [0.2, 0.25) is 0 Å². The van der Waals surface area contributed by atoms with Crippen LogP contribution in [0.25, 0.3) is 0 Å². The molecule has 0 amide bonds. The van der Waals surface area contributed by atoms with Gasteiger partial charge in [-0.25, -0.2) is 0 Å². The maximum absolute atomic E-state index is 13.2. The number of esters is 3. The first kappa shape index (κ1) is 44.8. The van der Waals surface area contributed by atoms with Crippen LogP contribution in [0.1, 0.15) is 195 Å². The van der Waals surface area contributed by atoms with Crippen LogP contribution >= 0.6 is 0 Å². The highest BCUT2D eigenvalue weighted by Gasteiger charge is 2.26. The third-order valence-electron chi connectivity index (χ3n) is 8.52. The zero-order valence-electron chi connectivity index (χ0n) is 30.4. The minimum Gasteiger partial charge on any atom is -0.481 e. The van der Waals surface area contributed by atoms with Crippen molar-refractivity contribution in [2.45, 2.75) is 219 Å². The molecular weight excluding hydrogens is 600 g/mol. The van der Waals surface area contributed by atoms with Crippen LogP contribution < -0.4 is 0 Å². The Kier molecular flexibility index (Phi) is 29.7. The van der Waals surface area contributed by atoms with Crippen molar-refractivity contribution in [2.24, 2.45) is 0 Å². The third kappa shape index (κ3) is 28.6. The van der Waals surface area contributed by atoms with Crippen molar-refractivity contribution >= 4 is 23.9 Å². The molecule has 276 valence electrons. The lowest BCUT2D eigenvalue weighted by atomic mass is 10.0. The van der Waals surface area contributed by atoms with E-state index >= 15 is 0 Å². The first-order chi connectivity index (χ1) is 22.6. The van der Waals surface area contributed by atoms with Gasteiger partial charge in [0.25, 0.3) is 0 Å². The summed E-state index contributed by atoms with van der Waals surface area (Å²) in [5.41, 5.74) is 0. The highest BCUT2D eigenvalue weighted by atomic mass is 16.6. The van der Waals surface area contributed by atoms with Gasteiger partial charge < -0.3 is 24.4 Å². The van der Waals surface area contributed by atoms with E-state index in [9.17, 15) is 29.4 Å². The average molecular weight is 671 g/mol. The Morgan fingerprint density at radius 1 is 0.426 bits per heavy atom. The predicted octanol–water partition coefficient (Wildman–Crippen LogP) is 9.39. The summed E-state index contributed by atoms with van der Waals surface area (Å²) in [7, 11) is 0. The van der Waals surface area contributed by atoms with Gasteiger partial charge in [-0.3, -0.25) is 19.2 Å². The second-order valence-electron chi connectivity index (χ2n) is 13.3. The summed E-state index contributed by atoms with van der Waals surface area (Å²) in [4.78, 5) is 50.3. The molecule has 0 saturated carbocycles. The highest BCUT2D eigenvalue weighted by Crippen LogP contribution is 2.20. The van der Waals surface area contributed by atoms with Gasteiger partial charge in [0.15, 0.2) is 0 Å². The average Bonchev–Trinajstić information content (AvgIpc) is 3.00. The lowest BCUT2D eigenvalue weighted by molar-refractivity contribution is -0.162. The Hall–Kier alpha value is -2.16. The fourth-order valence-corrected chi connectivity index (χ4v) is 5.73. The summed E-state index contributed by atoms with van der Waals surface area (Å²) in [6.45, 7) is 8.49. The van der Waals surface area contributed by atoms with Crippen LogP contribution in [0.15, 0.2) is 0 Å². The van der Waals surface area contributed by atoms with Crippen molar-refractivity contribution in [1.82, 2.24) is 0 Å². The predicted molar refractivity (Wildman–Crippen MR) is 186 cm³/mol. The number of carboxylic acid groups (broad SMARTS) is 1. The summed E-state index contributed by atoms with van der Waals surface area (Å²) in [5, 5.41) is 19.6. The van der Waals surface area contributed by atoms with Crippen LogP contribution in [-0.4, -0.2) is 58.5 Å². The fourth-order valence-electron chi connectivity index (χ4n) is 5.73. The van der Waals surface area contributed by atoms with Crippen LogP contribution in [0.5, 0.6) is 0 Å². The fraction of sp³-hybridized carbons (Fsp3) is 0.895. The molecule has 9 nitrogen and oxygen atoms in total. The lowest BCUT2D eigenvalue weighted by Crippen LogP contribution is -2.29. The lowest BCUT2D eigenvalue weighted by Gasteiger charge is -2.22. The first-order valence-corrected chi connectivity index (χ1v) is 19.1. The number of ether oxygens (including phenoxy) is 3. The van der Waals surface area contributed by atoms with Crippen molar-refractivity contribution in [2.75, 3.05) is 0 Å². The van der Waals surface area contributed by atoms with E-state index in [1.807, 2.05) is 0 Å². The summed E-state index contributed by atoms with van der Waals surface area (Å²) >= 11 is 0. The molecule has 0 aliphatic rings. The van der Waals surface area contributed by atoms with Gasteiger partial charge in [-0.15, -0.1) is 0 Å². The van der Waals surface area contributed by atoms with E-state index in [1.54, 1.807) is 0 Å². The molecule has 0 heterocycles. The molecule has 0 aliphatic heterocycles. The van der Waals surface area contributed by atoms with Crippen LogP contribution in [0.4, 0.5) is 0 Å². The minimum atomic E-state index is -1.01. The molecule has 0 aliphatic carbocycles. The summed E-state index contributed by atoms with van der Waals surface area (Å²) in [6.07, 6.45) is 16.6. The summed E-state index contributed by atoms with van der Waals surface area (Å²) in [6, 6.07) is 0. The number of unbranched alkanes of at least 4 members (excludes halogenated alkanes) is 14. The van der Waals surface area contributed by atoms with Gasteiger partial charge in [-0.05, 0) is 44.9 Å². The number of carbonyl (C=O) groups is 4. The molecule has 4 unspecified atom stereocenters. The maximum atomic E-state index is 13.2. The third-order valence-corrected chi connectivity index (χ3v) is 8.52. The van der Waals surface area contributed by atoms with Gasteiger partial charge in [0.2, 0.25) is 0 Å². The van der Waals surface area contributed by atoms with Gasteiger partial charge in [-0.2, -0.15) is 0 Å². The number of aliphatic carboxylic acids is 1. The smallest absolute Gasteiger partial charge is 0.309 e. The summed E-state index contributed by atoms with van der Waals surface area (Å²) < 4.78 is 17.1. The molecule has 47 heavy (non-hydrogen) atoms. The van der Waals surface area contributed by atoms with E-state index < -0.39 is 48.3 Å². The first-order valence-electron chi connectivity index (χ1n) is 19.1. The van der Waals surface area contributed by atoms with E-state index in [0.29, 0.717) is 25.7 Å². The van der Waals surface area contributed by atoms with Gasteiger partial charge in [0, 0.05) is 0 Å². The van der Waals surface area contributed by atoms with Crippen LogP contribution in [0, 0.1) is 0 Å². The molecule has 0 bridgehead atoms. The van der Waals surface area contributed by atoms with Crippen molar-refractivity contribution < 1.29 is 43.6 Å². The molecule has 0 aromatic carbocycles. The molecule has 0 aromatic heterocycles. The van der Waals surface area contributed by atoms with Crippen molar-refractivity contribution in [1.29, 1.82) is 0 Å². The molecule has 0 spiro atoms. The molecule has 4 atom stereocenters. The van der Waals surface area contributed by atoms with E-state index in [1.165, 1.54) is 0 Å². The Labute approximate surface area is 286 Å².